The summed E-state index contributed by atoms with van der Waals surface area (Å²) < 4.78 is 5.13. The zero-order chi connectivity index (χ0) is 10.5. The maximum Gasteiger partial charge on any atom is 0.330 e. The molecule has 4 nitrogen and oxygen atoms in total. The van der Waals surface area contributed by atoms with Crippen molar-refractivity contribution in [1.82, 2.24) is 5.43 Å². The quantitative estimate of drug-likeness (QED) is 0.749. The van der Waals surface area contributed by atoms with Crippen LogP contribution >= 0.6 is 0 Å². The first-order chi connectivity index (χ1) is 7.36. The van der Waals surface area contributed by atoms with E-state index in [1.807, 2.05) is 30.3 Å². The van der Waals surface area contributed by atoms with E-state index in [2.05, 4.69) is 10.5 Å². The van der Waals surface area contributed by atoms with Crippen LogP contribution < -0.4 is 5.43 Å². The fraction of sp³-hybridized carbons (Fsp3) is 0.273. The van der Waals surface area contributed by atoms with Crippen molar-refractivity contribution in [2.24, 2.45) is 5.10 Å². The van der Waals surface area contributed by atoms with E-state index in [0.29, 0.717) is 13.0 Å². The molecule has 0 fully saturated rings. The number of nitrogens with zero attached hydrogens (tertiary/aromatic N) is 1. The molecule has 0 aromatic heterocycles. The molecular weight excluding hydrogens is 192 g/mol. The number of ether oxygens (including phenoxy) is 1. The van der Waals surface area contributed by atoms with Crippen molar-refractivity contribution in [3.05, 3.63) is 35.9 Å². The zero-order valence-corrected chi connectivity index (χ0v) is 8.22. The van der Waals surface area contributed by atoms with Crippen LogP contribution in [0.1, 0.15) is 12.0 Å². The van der Waals surface area contributed by atoms with E-state index < -0.39 is 0 Å². The zero-order valence-electron chi connectivity index (χ0n) is 8.22. The molecule has 0 spiro atoms. The topological polar surface area (TPSA) is 50.7 Å². The third-order valence-corrected chi connectivity index (χ3v) is 2.17. The highest BCUT2D eigenvalue weighted by atomic mass is 16.5. The lowest BCUT2D eigenvalue weighted by molar-refractivity contribution is -0.147. The summed E-state index contributed by atoms with van der Waals surface area (Å²) in [6.07, 6.45) is 2.28. The van der Waals surface area contributed by atoms with Gasteiger partial charge in [-0.15, -0.1) is 0 Å². The molecule has 1 aliphatic rings. The van der Waals surface area contributed by atoms with Crippen LogP contribution in [0.2, 0.25) is 0 Å². The molecule has 1 aromatic carbocycles. The van der Waals surface area contributed by atoms with Gasteiger partial charge in [0.1, 0.15) is 12.6 Å². The molecule has 0 amide bonds. The molecule has 1 heterocycles. The molecule has 0 bridgehead atoms. The maximum atomic E-state index is 11.5. The third kappa shape index (κ3) is 2.56. The number of hydrogen-bond donors (Lipinski definition) is 1. The second-order valence-electron chi connectivity index (χ2n) is 3.32. The van der Waals surface area contributed by atoms with E-state index in [9.17, 15) is 4.79 Å². The van der Waals surface area contributed by atoms with Gasteiger partial charge in [0.25, 0.3) is 0 Å². The van der Waals surface area contributed by atoms with Crippen molar-refractivity contribution in [1.29, 1.82) is 0 Å². The van der Waals surface area contributed by atoms with Crippen molar-refractivity contribution in [2.75, 3.05) is 0 Å². The fourth-order valence-corrected chi connectivity index (χ4v) is 1.33. The van der Waals surface area contributed by atoms with E-state index in [1.54, 1.807) is 6.21 Å². The minimum absolute atomic E-state index is 0.253. The van der Waals surface area contributed by atoms with Gasteiger partial charge in [-0.25, -0.2) is 4.79 Å². The van der Waals surface area contributed by atoms with Crippen molar-refractivity contribution in [3.63, 3.8) is 0 Å². The number of rotatable bonds is 3. The van der Waals surface area contributed by atoms with Crippen molar-refractivity contribution < 1.29 is 9.53 Å². The van der Waals surface area contributed by atoms with Gasteiger partial charge in [-0.2, -0.15) is 5.10 Å². The van der Waals surface area contributed by atoms with Gasteiger partial charge in [0.15, 0.2) is 0 Å². The molecule has 15 heavy (non-hydrogen) atoms. The predicted molar refractivity (Wildman–Crippen MR) is 56.3 cm³/mol. The molecule has 0 saturated carbocycles. The van der Waals surface area contributed by atoms with Crippen LogP contribution in [0.25, 0.3) is 0 Å². The maximum absolute atomic E-state index is 11.5. The largest absolute Gasteiger partial charge is 0.459 e. The molecule has 1 unspecified atom stereocenters. The van der Waals surface area contributed by atoms with Crippen LogP contribution in [0, 0.1) is 0 Å². The highest BCUT2D eigenvalue weighted by Gasteiger charge is 2.21. The van der Waals surface area contributed by atoms with Crippen LogP contribution in [0.15, 0.2) is 35.4 Å². The summed E-state index contributed by atoms with van der Waals surface area (Å²) >= 11 is 0. The highest BCUT2D eigenvalue weighted by Crippen LogP contribution is 2.04. The predicted octanol–water partition coefficient (Wildman–Crippen LogP) is 1.08. The Balaban J connectivity index is 1.81. The lowest BCUT2D eigenvalue weighted by atomic mass is 10.2. The van der Waals surface area contributed by atoms with Crippen LogP contribution in [0.3, 0.4) is 0 Å². The smallest absolute Gasteiger partial charge is 0.330 e. The number of benzene rings is 1. The molecular formula is C11H12N2O2. The molecule has 78 valence electrons. The number of carbonyl (C=O) groups excluding carboxylic acids is 1. The first-order valence-electron chi connectivity index (χ1n) is 4.84. The van der Waals surface area contributed by atoms with Gasteiger partial charge in [-0.05, 0) is 5.56 Å². The molecule has 2 rings (SSSR count). The minimum atomic E-state index is -0.311. The molecule has 1 atom stereocenters. The standard InChI is InChI=1S/C11H12N2O2/c14-11(10-6-7-12-13-10)15-8-9-4-2-1-3-5-9/h1-5,7,10,13H,6,8H2. The lowest BCUT2D eigenvalue weighted by Gasteiger charge is -2.09. The summed E-state index contributed by atoms with van der Waals surface area (Å²) in [5.41, 5.74) is 3.68. The Labute approximate surface area is 87.9 Å². The Kier molecular flexibility index (Phi) is 2.97. The summed E-state index contributed by atoms with van der Waals surface area (Å²) in [6, 6.07) is 9.30. The first kappa shape index (κ1) is 9.71. The normalized spacial score (nSPS) is 18.5. The van der Waals surface area contributed by atoms with Crippen molar-refractivity contribution >= 4 is 12.2 Å². The fourth-order valence-electron chi connectivity index (χ4n) is 1.33. The number of carbonyl (C=O) groups is 1. The van der Waals surface area contributed by atoms with Gasteiger partial charge in [-0.3, -0.25) is 5.43 Å². The number of hydrazone groups is 1. The Morgan fingerprint density at radius 3 is 2.93 bits per heavy atom. The Morgan fingerprint density at radius 1 is 1.47 bits per heavy atom. The summed E-state index contributed by atoms with van der Waals surface area (Å²) in [4.78, 5) is 11.5. The molecule has 4 heteroatoms. The summed E-state index contributed by atoms with van der Waals surface area (Å²) in [6.45, 7) is 0.317. The van der Waals surface area contributed by atoms with Gasteiger partial charge < -0.3 is 4.74 Å². The minimum Gasteiger partial charge on any atom is -0.459 e. The summed E-state index contributed by atoms with van der Waals surface area (Å²) in [7, 11) is 0. The average molecular weight is 204 g/mol. The Bertz CT molecular complexity index is 354. The molecule has 0 radical (unpaired) electrons. The molecule has 0 saturated heterocycles. The second kappa shape index (κ2) is 4.59. The molecule has 0 aliphatic carbocycles. The van der Waals surface area contributed by atoms with Gasteiger partial charge in [-0.1, -0.05) is 30.3 Å². The SMILES string of the molecule is O=C(OCc1ccccc1)C1CC=NN1. The highest BCUT2D eigenvalue weighted by molar-refractivity contribution is 5.81. The Hall–Kier alpha value is -1.84. The summed E-state index contributed by atoms with van der Waals surface area (Å²) in [5, 5.41) is 3.77. The van der Waals surface area contributed by atoms with Crippen molar-refractivity contribution in [2.45, 2.75) is 19.1 Å². The van der Waals surface area contributed by atoms with E-state index in [4.69, 9.17) is 4.74 Å². The number of nitrogens with one attached hydrogen (secondary N) is 1. The number of hydrogen-bond acceptors (Lipinski definition) is 4. The van der Waals surface area contributed by atoms with Crippen molar-refractivity contribution in [3.8, 4) is 0 Å². The Morgan fingerprint density at radius 2 is 2.27 bits per heavy atom. The number of esters is 1. The molecule has 1 aromatic rings. The van der Waals surface area contributed by atoms with Gasteiger partial charge in [0, 0.05) is 12.6 Å². The molecule has 1 N–H and O–H groups in total. The first-order valence-corrected chi connectivity index (χ1v) is 4.84. The van der Waals surface area contributed by atoms with Crippen LogP contribution in [0.5, 0.6) is 0 Å². The average Bonchev–Trinajstić information content (AvgIpc) is 2.81. The van der Waals surface area contributed by atoms with Crippen LogP contribution in [-0.2, 0) is 16.1 Å². The van der Waals surface area contributed by atoms with Gasteiger partial charge >= 0.3 is 5.97 Å². The van der Waals surface area contributed by atoms with E-state index in [-0.39, 0.29) is 12.0 Å². The monoisotopic (exact) mass is 204 g/mol. The van der Waals surface area contributed by atoms with Gasteiger partial charge in [0.05, 0.1) is 0 Å². The van der Waals surface area contributed by atoms with E-state index >= 15 is 0 Å². The van der Waals surface area contributed by atoms with Crippen LogP contribution in [0.4, 0.5) is 0 Å². The van der Waals surface area contributed by atoms with E-state index in [0.717, 1.165) is 5.56 Å². The summed E-state index contributed by atoms with van der Waals surface area (Å²) in [5.74, 6) is -0.253. The second-order valence-corrected chi connectivity index (χ2v) is 3.32. The lowest BCUT2D eigenvalue weighted by Crippen LogP contribution is -2.31. The molecule has 1 aliphatic heterocycles. The third-order valence-electron chi connectivity index (χ3n) is 2.17. The van der Waals surface area contributed by atoms with E-state index in [1.165, 1.54) is 0 Å². The van der Waals surface area contributed by atoms with Crippen LogP contribution in [-0.4, -0.2) is 18.2 Å². The van der Waals surface area contributed by atoms with Gasteiger partial charge in [0.2, 0.25) is 0 Å².